The van der Waals surface area contributed by atoms with Gasteiger partial charge in [0.15, 0.2) is 5.78 Å². The molecule has 2 saturated heterocycles. The second-order valence-corrected chi connectivity index (χ2v) is 8.67. The molecule has 0 aliphatic carbocycles. The molecule has 2 fully saturated rings. The number of rotatable bonds is 4. The van der Waals surface area contributed by atoms with Crippen LogP contribution in [0.4, 0.5) is 5.69 Å². The van der Waals surface area contributed by atoms with Crippen molar-refractivity contribution in [2.45, 2.75) is 12.1 Å². The molecule has 0 saturated carbocycles. The Bertz CT molecular complexity index is 1330. The molecule has 0 N–H and O–H groups in total. The van der Waals surface area contributed by atoms with Crippen molar-refractivity contribution in [3.63, 3.8) is 0 Å². The minimum absolute atomic E-state index is 0.208. The van der Waals surface area contributed by atoms with E-state index in [1.807, 2.05) is 54.6 Å². The van der Waals surface area contributed by atoms with Gasteiger partial charge in [-0.3, -0.25) is 19.4 Å². The van der Waals surface area contributed by atoms with E-state index in [0.29, 0.717) is 11.3 Å². The molecule has 34 heavy (non-hydrogen) atoms. The molecule has 166 valence electrons. The summed E-state index contributed by atoms with van der Waals surface area (Å²) < 4.78 is 0. The number of imide groups is 1. The number of Topliss-reactive ketones (excluding diaryl/α,β-unsaturated/α-hetero) is 1. The van der Waals surface area contributed by atoms with Crippen molar-refractivity contribution in [2.24, 2.45) is 16.9 Å². The first-order valence-electron chi connectivity index (χ1n) is 11.3. The lowest BCUT2D eigenvalue weighted by Crippen LogP contribution is -2.46. The number of para-hydroxylation sites is 1. The number of carbonyl (C=O) groups excluding carboxylic acids is 3. The van der Waals surface area contributed by atoms with Crippen LogP contribution in [0, 0.1) is 11.8 Å². The van der Waals surface area contributed by atoms with Crippen molar-refractivity contribution in [1.82, 2.24) is 5.01 Å². The predicted molar refractivity (Wildman–Crippen MR) is 129 cm³/mol. The monoisotopic (exact) mass is 447 g/mol. The molecule has 6 heteroatoms. The van der Waals surface area contributed by atoms with Crippen molar-refractivity contribution in [1.29, 1.82) is 0 Å². The molecule has 0 bridgehead atoms. The van der Waals surface area contributed by atoms with Gasteiger partial charge >= 0.3 is 0 Å². The molecule has 0 aromatic heterocycles. The quantitative estimate of drug-likeness (QED) is 0.449. The van der Waals surface area contributed by atoms with Crippen LogP contribution >= 0.6 is 0 Å². The standard InChI is InChI=1S/C28H21N3O3/c32-26(20-15-13-19(14-16-20)18-8-3-1-4-9-18)25-24-23(22-12-7-17-29-31(22)25)27(33)30(28(24)34)21-10-5-2-6-11-21/h1-17,22-25H/t22-,23+,24+,25-/m0/s1. The van der Waals surface area contributed by atoms with Crippen molar-refractivity contribution >= 4 is 29.5 Å². The first-order chi connectivity index (χ1) is 16.6. The normalized spacial score (nSPS) is 24.9. The Morgan fingerprint density at radius 1 is 0.735 bits per heavy atom. The van der Waals surface area contributed by atoms with Gasteiger partial charge in [0.25, 0.3) is 0 Å². The lowest BCUT2D eigenvalue weighted by atomic mass is 9.86. The number of nitrogens with zero attached hydrogens (tertiary/aromatic N) is 3. The number of anilines is 1. The maximum Gasteiger partial charge on any atom is 0.240 e. The smallest absolute Gasteiger partial charge is 0.240 e. The first kappa shape index (κ1) is 20.3. The van der Waals surface area contributed by atoms with E-state index in [9.17, 15) is 14.4 Å². The summed E-state index contributed by atoms with van der Waals surface area (Å²) in [5.74, 6) is -2.29. The summed E-state index contributed by atoms with van der Waals surface area (Å²) in [7, 11) is 0. The molecule has 6 rings (SSSR count). The lowest BCUT2D eigenvalue weighted by molar-refractivity contribution is -0.123. The summed E-state index contributed by atoms with van der Waals surface area (Å²) in [4.78, 5) is 42.0. The lowest BCUT2D eigenvalue weighted by Gasteiger charge is -2.30. The van der Waals surface area contributed by atoms with E-state index in [1.165, 1.54) is 4.90 Å². The molecule has 3 aliphatic rings. The summed E-state index contributed by atoms with van der Waals surface area (Å²) >= 11 is 0. The third-order valence-corrected chi connectivity index (χ3v) is 6.85. The Morgan fingerprint density at radius 3 is 2.06 bits per heavy atom. The van der Waals surface area contributed by atoms with Gasteiger partial charge in [0.2, 0.25) is 11.8 Å². The molecule has 2 amide bonds. The molecule has 3 aromatic rings. The largest absolute Gasteiger partial charge is 0.292 e. The van der Waals surface area contributed by atoms with Crippen LogP contribution in [0.25, 0.3) is 11.1 Å². The van der Waals surface area contributed by atoms with Gasteiger partial charge in [0, 0.05) is 11.8 Å². The number of hydrazone groups is 1. The molecule has 3 heterocycles. The zero-order valence-corrected chi connectivity index (χ0v) is 18.2. The fourth-order valence-electron chi connectivity index (χ4n) is 5.30. The molecule has 4 atom stereocenters. The molecular formula is C28H21N3O3. The summed E-state index contributed by atoms with van der Waals surface area (Å²) in [6.45, 7) is 0. The Balaban J connectivity index is 1.37. The highest BCUT2D eigenvalue weighted by Crippen LogP contribution is 2.46. The third kappa shape index (κ3) is 3.03. The topological polar surface area (TPSA) is 70.0 Å². The number of amides is 2. The van der Waals surface area contributed by atoms with E-state index in [1.54, 1.807) is 53.7 Å². The molecular weight excluding hydrogens is 426 g/mol. The third-order valence-electron chi connectivity index (χ3n) is 6.85. The number of benzene rings is 3. The summed E-state index contributed by atoms with van der Waals surface area (Å²) in [6, 6.07) is 24.9. The highest BCUT2D eigenvalue weighted by atomic mass is 16.2. The fourth-order valence-corrected chi connectivity index (χ4v) is 5.30. The van der Waals surface area contributed by atoms with Gasteiger partial charge in [-0.2, -0.15) is 5.10 Å². The van der Waals surface area contributed by atoms with Gasteiger partial charge in [-0.25, -0.2) is 4.90 Å². The molecule has 3 aliphatic heterocycles. The predicted octanol–water partition coefficient (Wildman–Crippen LogP) is 3.95. The average molecular weight is 447 g/mol. The van der Waals surface area contributed by atoms with Crippen LogP contribution in [0.1, 0.15) is 10.4 Å². The molecule has 0 unspecified atom stereocenters. The zero-order valence-electron chi connectivity index (χ0n) is 18.2. The Kier molecular flexibility index (Phi) is 4.73. The van der Waals surface area contributed by atoms with Crippen LogP contribution in [-0.4, -0.2) is 40.9 Å². The second kappa shape index (κ2) is 7.92. The minimum Gasteiger partial charge on any atom is -0.292 e. The van der Waals surface area contributed by atoms with Crippen molar-refractivity contribution < 1.29 is 14.4 Å². The molecule has 3 aromatic carbocycles. The van der Waals surface area contributed by atoms with Crippen LogP contribution in [0.3, 0.4) is 0 Å². The number of hydrogen-bond acceptors (Lipinski definition) is 5. The maximum atomic E-state index is 13.8. The SMILES string of the molecule is O=C(c1ccc(-c2ccccc2)cc1)[C@@H]1[C@@H]2C(=O)N(c3ccccc3)C(=O)[C@@H]2[C@@H]2C=CC=NN12. The number of carbonyl (C=O) groups is 3. The van der Waals surface area contributed by atoms with Gasteiger partial charge in [0.1, 0.15) is 6.04 Å². The Hall–Kier alpha value is -4.32. The summed E-state index contributed by atoms with van der Waals surface area (Å²) in [5.41, 5.74) is 3.08. The Labute approximate surface area is 196 Å². The van der Waals surface area contributed by atoms with Crippen LogP contribution in [-0.2, 0) is 9.59 Å². The molecule has 0 radical (unpaired) electrons. The van der Waals surface area contributed by atoms with Gasteiger partial charge < -0.3 is 0 Å². The second-order valence-electron chi connectivity index (χ2n) is 8.67. The van der Waals surface area contributed by atoms with E-state index in [4.69, 9.17) is 0 Å². The summed E-state index contributed by atoms with van der Waals surface area (Å²) in [6.07, 6.45) is 5.22. The van der Waals surface area contributed by atoms with Crippen LogP contribution in [0.15, 0.2) is 102 Å². The van der Waals surface area contributed by atoms with Crippen LogP contribution in [0.5, 0.6) is 0 Å². The van der Waals surface area contributed by atoms with Crippen molar-refractivity contribution in [3.05, 3.63) is 103 Å². The number of fused-ring (bicyclic) bond motifs is 3. The van der Waals surface area contributed by atoms with Crippen molar-refractivity contribution in [2.75, 3.05) is 4.90 Å². The zero-order chi connectivity index (χ0) is 23.2. The van der Waals surface area contributed by atoms with Gasteiger partial charge in [-0.05, 0) is 29.3 Å². The first-order valence-corrected chi connectivity index (χ1v) is 11.3. The maximum absolute atomic E-state index is 13.8. The van der Waals surface area contributed by atoms with E-state index in [2.05, 4.69) is 5.10 Å². The number of ketones is 1. The Morgan fingerprint density at radius 2 is 1.35 bits per heavy atom. The van der Waals surface area contributed by atoms with Gasteiger partial charge in [-0.1, -0.05) is 78.9 Å². The highest BCUT2D eigenvalue weighted by Gasteiger charge is 2.64. The fraction of sp³-hybridized carbons (Fsp3) is 0.143. The summed E-state index contributed by atoms with van der Waals surface area (Å²) in [5, 5.41) is 6.05. The number of allylic oxidation sites excluding steroid dienone is 1. The van der Waals surface area contributed by atoms with Crippen LogP contribution < -0.4 is 4.90 Å². The van der Waals surface area contributed by atoms with Crippen LogP contribution in [0.2, 0.25) is 0 Å². The van der Waals surface area contributed by atoms with E-state index < -0.39 is 23.9 Å². The average Bonchev–Trinajstić information content (AvgIpc) is 3.37. The minimum atomic E-state index is -0.844. The molecule has 0 spiro atoms. The van der Waals surface area contributed by atoms with E-state index >= 15 is 0 Å². The van der Waals surface area contributed by atoms with E-state index in [-0.39, 0.29) is 17.6 Å². The highest BCUT2D eigenvalue weighted by molar-refractivity contribution is 6.24. The van der Waals surface area contributed by atoms with Gasteiger partial charge in [-0.15, -0.1) is 0 Å². The number of hydrogen-bond donors (Lipinski definition) is 0. The van der Waals surface area contributed by atoms with Crippen molar-refractivity contribution in [3.8, 4) is 11.1 Å². The molecule has 6 nitrogen and oxygen atoms in total. The van der Waals surface area contributed by atoms with Gasteiger partial charge in [0.05, 0.1) is 23.6 Å². The van der Waals surface area contributed by atoms with E-state index in [0.717, 1.165) is 11.1 Å².